The Morgan fingerprint density at radius 1 is 1.20 bits per heavy atom. The average Bonchev–Trinajstić information content (AvgIpc) is 3.15. The molecule has 130 valence electrons. The third-order valence-corrected chi connectivity index (χ3v) is 3.71. The van der Waals surface area contributed by atoms with Crippen molar-refractivity contribution in [2.24, 2.45) is 0 Å². The lowest BCUT2D eigenvalue weighted by Gasteiger charge is -2.10. The molecular formula is C19H18O6. The van der Waals surface area contributed by atoms with Gasteiger partial charge in [-0.3, -0.25) is 4.79 Å². The van der Waals surface area contributed by atoms with E-state index in [-0.39, 0.29) is 30.2 Å². The first-order valence-electron chi connectivity index (χ1n) is 8.06. The van der Waals surface area contributed by atoms with Gasteiger partial charge in [-0.2, -0.15) is 0 Å². The summed E-state index contributed by atoms with van der Waals surface area (Å²) in [6, 6.07) is 8.74. The Kier molecular flexibility index (Phi) is 4.88. The molecule has 6 heteroatoms. The van der Waals surface area contributed by atoms with E-state index >= 15 is 0 Å². The van der Waals surface area contributed by atoms with Gasteiger partial charge in [0.1, 0.15) is 5.58 Å². The summed E-state index contributed by atoms with van der Waals surface area (Å²) in [5, 5.41) is 0.397. The molecule has 0 aliphatic heterocycles. The average molecular weight is 342 g/mol. The Balaban J connectivity index is 2.12. The van der Waals surface area contributed by atoms with Crippen LogP contribution in [-0.4, -0.2) is 19.2 Å². The van der Waals surface area contributed by atoms with Crippen molar-refractivity contribution in [1.82, 2.24) is 0 Å². The van der Waals surface area contributed by atoms with Crippen LogP contribution < -0.4 is 10.2 Å². The molecule has 0 atom stereocenters. The zero-order valence-corrected chi connectivity index (χ0v) is 14.0. The molecule has 3 rings (SSSR count). The van der Waals surface area contributed by atoms with Crippen LogP contribution in [0.5, 0.6) is 5.75 Å². The SMILES string of the molecule is CCOC(=O)COc1c(-c2ccco2)oc2ccc(CC)cc2c1=O. The van der Waals surface area contributed by atoms with Crippen molar-refractivity contribution in [2.75, 3.05) is 13.2 Å². The van der Waals surface area contributed by atoms with Gasteiger partial charge in [0.2, 0.25) is 16.9 Å². The normalized spacial score (nSPS) is 10.8. The summed E-state index contributed by atoms with van der Waals surface area (Å²) in [5.41, 5.74) is 1.08. The van der Waals surface area contributed by atoms with E-state index in [1.165, 1.54) is 6.26 Å². The number of fused-ring (bicyclic) bond motifs is 1. The van der Waals surface area contributed by atoms with E-state index in [1.807, 2.05) is 13.0 Å². The second-order valence-electron chi connectivity index (χ2n) is 5.34. The van der Waals surface area contributed by atoms with Crippen LogP contribution in [0.2, 0.25) is 0 Å². The van der Waals surface area contributed by atoms with Crippen molar-refractivity contribution in [2.45, 2.75) is 20.3 Å². The summed E-state index contributed by atoms with van der Waals surface area (Å²) in [6.45, 7) is 3.55. The van der Waals surface area contributed by atoms with Crippen LogP contribution in [0.4, 0.5) is 0 Å². The minimum atomic E-state index is -0.560. The summed E-state index contributed by atoms with van der Waals surface area (Å²) in [5.74, 6) is -0.132. The predicted molar refractivity (Wildman–Crippen MR) is 91.7 cm³/mol. The smallest absolute Gasteiger partial charge is 0.344 e. The molecule has 6 nitrogen and oxygen atoms in total. The maximum Gasteiger partial charge on any atom is 0.344 e. The van der Waals surface area contributed by atoms with Gasteiger partial charge in [-0.15, -0.1) is 0 Å². The van der Waals surface area contributed by atoms with Crippen LogP contribution >= 0.6 is 0 Å². The fourth-order valence-electron chi connectivity index (χ4n) is 2.48. The first kappa shape index (κ1) is 16.8. The minimum absolute atomic E-state index is 0.0660. The quantitative estimate of drug-likeness (QED) is 0.637. The number of benzene rings is 1. The number of hydrogen-bond acceptors (Lipinski definition) is 6. The maximum atomic E-state index is 12.9. The van der Waals surface area contributed by atoms with Crippen molar-refractivity contribution < 1.29 is 23.1 Å². The molecule has 0 radical (unpaired) electrons. The van der Waals surface area contributed by atoms with Gasteiger partial charge >= 0.3 is 5.97 Å². The van der Waals surface area contributed by atoms with Gasteiger partial charge in [-0.25, -0.2) is 4.79 Å². The molecule has 0 bridgehead atoms. The summed E-state index contributed by atoms with van der Waals surface area (Å²) >= 11 is 0. The molecule has 0 unspecified atom stereocenters. The third-order valence-electron chi connectivity index (χ3n) is 3.71. The molecular weight excluding hydrogens is 324 g/mol. The zero-order valence-electron chi connectivity index (χ0n) is 14.0. The molecule has 0 saturated heterocycles. The maximum absolute atomic E-state index is 12.9. The van der Waals surface area contributed by atoms with Crippen LogP contribution in [0, 0.1) is 0 Å². The van der Waals surface area contributed by atoms with Gasteiger partial charge in [-0.05, 0) is 43.2 Å². The predicted octanol–water partition coefficient (Wildman–Crippen LogP) is 3.56. The van der Waals surface area contributed by atoms with E-state index in [2.05, 4.69) is 0 Å². The van der Waals surface area contributed by atoms with Crippen LogP contribution in [0.1, 0.15) is 19.4 Å². The van der Waals surface area contributed by atoms with Crippen LogP contribution in [-0.2, 0) is 16.0 Å². The molecule has 0 saturated carbocycles. The summed E-state index contributed by atoms with van der Waals surface area (Å²) in [7, 11) is 0. The number of furan rings is 1. The van der Waals surface area contributed by atoms with Gasteiger partial charge < -0.3 is 18.3 Å². The zero-order chi connectivity index (χ0) is 17.8. The lowest BCUT2D eigenvalue weighted by Crippen LogP contribution is -2.18. The van der Waals surface area contributed by atoms with Crippen molar-refractivity contribution >= 4 is 16.9 Å². The number of aryl methyl sites for hydroxylation is 1. The summed E-state index contributed by atoms with van der Waals surface area (Å²) in [6.07, 6.45) is 2.25. The van der Waals surface area contributed by atoms with Gasteiger partial charge in [-0.1, -0.05) is 13.0 Å². The van der Waals surface area contributed by atoms with E-state index in [4.69, 9.17) is 18.3 Å². The van der Waals surface area contributed by atoms with Gasteiger partial charge in [0.25, 0.3) is 0 Å². The van der Waals surface area contributed by atoms with Crippen molar-refractivity contribution in [3.05, 3.63) is 52.4 Å². The van der Waals surface area contributed by atoms with E-state index in [1.54, 1.807) is 31.2 Å². The van der Waals surface area contributed by atoms with Gasteiger partial charge in [0.15, 0.2) is 12.4 Å². The Morgan fingerprint density at radius 2 is 2.04 bits per heavy atom. The van der Waals surface area contributed by atoms with Crippen LogP contribution in [0.25, 0.3) is 22.5 Å². The Bertz CT molecular complexity index is 936. The molecule has 0 spiro atoms. The number of ether oxygens (including phenoxy) is 2. The summed E-state index contributed by atoms with van der Waals surface area (Å²) in [4.78, 5) is 24.5. The highest BCUT2D eigenvalue weighted by Crippen LogP contribution is 2.31. The first-order valence-corrected chi connectivity index (χ1v) is 8.06. The lowest BCUT2D eigenvalue weighted by atomic mass is 10.1. The largest absolute Gasteiger partial charge is 0.474 e. The Hall–Kier alpha value is -3.02. The molecule has 0 aliphatic rings. The number of rotatable bonds is 6. The number of carbonyl (C=O) groups is 1. The molecule has 2 heterocycles. The fraction of sp³-hybridized carbons (Fsp3) is 0.263. The van der Waals surface area contributed by atoms with E-state index in [9.17, 15) is 9.59 Å². The van der Waals surface area contributed by atoms with Gasteiger partial charge in [0, 0.05) is 0 Å². The van der Waals surface area contributed by atoms with Crippen molar-refractivity contribution in [3.8, 4) is 17.3 Å². The third kappa shape index (κ3) is 3.42. The summed E-state index contributed by atoms with van der Waals surface area (Å²) < 4.78 is 21.5. The molecule has 1 aromatic carbocycles. The molecule has 0 fully saturated rings. The fourth-order valence-corrected chi connectivity index (χ4v) is 2.48. The molecule has 0 N–H and O–H groups in total. The molecule has 0 aliphatic carbocycles. The molecule has 2 aromatic heterocycles. The molecule has 25 heavy (non-hydrogen) atoms. The first-order chi connectivity index (χ1) is 12.1. The molecule has 0 amide bonds. The van der Waals surface area contributed by atoms with Crippen LogP contribution in [0.15, 0.2) is 50.2 Å². The van der Waals surface area contributed by atoms with E-state index < -0.39 is 5.97 Å². The van der Waals surface area contributed by atoms with Crippen molar-refractivity contribution in [3.63, 3.8) is 0 Å². The standard InChI is InChI=1S/C19H18O6/c1-3-12-7-8-14-13(10-12)17(21)19(24-11-16(20)22-4-2)18(25-14)15-6-5-9-23-15/h5-10H,3-4,11H2,1-2H3. The monoisotopic (exact) mass is 342 g/mol. The van der Waals surface area contributed by atoms with Gasteiger partial charge in [0.05, 0.1) is 18.3 Å². The van der Waals surface area contributed by atoms with E-state index in [0.29, 0.717) is 16.7 Å². The highest BCUT2D eigenvalue weighted by atomic mass is 16.6. The topological polar surface area (TPSA) is 78.9 Å². The number of hydrogen-bond donors (Lipinski definition) is 0. The number of carbonyl (C=O) groups excluding carboxylic acids is 1. The number of esters is 1. The highest BCUT2D eigenvalue weighted by molar-refractivity contribution is 5.82. The van der Waals surface area contributed by atoms with Crippen molar-refractivity contribution in [1.29, 1.82) is 0 Å². The van der Waals surface area contributed by atoms with Crippen LogP contribution in [0.3, 0.4) is 0 Å². The Morgan fingerprint density at radius 3 is 2.72 bits per heavy atom. The Labute approximate surface area is 144 Å². The second kappa shape index (κ2) is 7.25. The minimum Gasteiger partial charge on any atom is -0.474 e. The second-order valence-corrected chi connectivity index (χ2v) is 5.34. The molecule has 3 aromatic rings. The lowest BCUT2D eigenvalue weighted by molar-refractivity contribution is -0.145. The highest BCUT2D eigenvalue weighted by Gasteiger charge is 2.21. The van der Waals surface area contributed by atoms with E-state index in [0.717, 1.165) is 12.0 Å².